The van der Waals surface area contributed by atoms with Gasteiger partial charge in [-0.05, 0) is 63.2 Å². The monoisotopic (exact) mass is 440 g/mol. The predicted molar refractivity (Wildman–Crippen MR) is 128 cm³/mol. The Morgan fingerprint density at radius 1 is 1.27 bits per heavy atom. The van der Waals surface area contributed by atoms with Crippen molar-refractivity contribution in [3.05, 3.63) is 71.8 Å². The molecule has 0 amide bonds. The van der Waals surface area contributed by atoms with E-state index in [9.17, 15) is 10.4 Å². The third-order valence-electron chi connectivity index (χ3n) is 5.18. The van der Waals surface area contributed by atoms with Crippen molar-refractivity contribution in [2.45, 2.75) is 26.9 Å². The lowest BCUT2D eigenvalue weighted by Crippen LogP contribution is -2.11. The van der Waals surface area contributed by atoms with E-state index in [2.05, 4.69) is 20.4 Å². The fraction of sp³-hybridized carbons (Fsp3) is 0.208. The van der Waals surface area contributed by atoms with Crippen LogP contribution in [0.15, 0.2) is 59.9 Å². The first-order valence-corrected chi connectivity index (χ1v) is 10.4. The molecule has 4 rings (SSSR count). The number of hydrogen-bond acceptors (Lipinski definition) is 6. The van der Waals surface area contributed by atoms with E-state index in [1.54, 1.807) is 31.0 Å². The fourth-order valence-corrected chi connectivity index (χ4v) is 3.57. The number of amidine groups is 1. The quantitative estimate of drug-likeness (QED) is 0.360. The lowest BCUT2D eigenvalue weighted by molar-refractivity contribution is 0.198. The van der Waals surface area contributed by atoms with Gasteiger partial charge in [0.2, 0.25) is 0 Å². The summed E-state index contributed by atoms with van der Waals surface area (Å²) in [7, 11) is 1.73. The van der Waals surface area contributed by atoms with Gasteiger partial charge < -0.3 is 10.4 Å². The Balaban J connectivity index is 1.78. The Morgan fingerprint density at radius 2 is 2.09 bits per heavy atom. The highest BCUT2D eigenvalue weighted by molar-refractivity contribution is 6.04. The number of fused-ring (bicyclic) bond motifs is 1. The molecule has 166 valence electrons. The van der Waals surface area contributed by atoms with Crippen molar-refractivity contribution in [3.8, 4) is 17.7 Å². The van der Waals surface area contributed by atoms with Gasteiger partial charge in [0.15, 0.2) is 11.5 Å². The maximum Gasteiger partial charge on any atom is 0.163 e. The van der Waals surface area contributed by atoms with E-state index in [4.69, 9.17) is 4.98 Å². The molecule has 0 saturated heterocycles. The van der Waals surface area contributed by atoms with E-state index in [-0.39, 0.29) is 5.69 Å². The summed E-state index contributed by atoms with van der Waals surface area (Å²) in [6.45, 7) is 5.46. The minimum Gasteiger partial charge on any atom is -0.389 e. The van der Waals surface area contributed by atoms with Crippen LogP contribution < -0.4 is 5.32 Å². The van der Waals surface area contributed by atoms with Crippen LogP contribution in [0.2, 0.25) is 0 Å². The van der Waals surface area contributed by atoms with Crippen LogP contribution in [0.3, 0.4) is 0 Å². The zero-order chi connectivity index (χ0) is 23.5. The molecule has 3 aromatic heterocycles. The van der Waals surface area contributed by atoms with Gasteiger partial charge in [-0.3, -0.25) is 9.56 Å². The smallest absolute Gasteiger partial charge is 0.163 e. The average Bonchev–Trinajstić information content (AvgIpc) is 3.41. The maximum atomic E-state index is 10.3. The molecule has 0 aliphatic carbocycles. The predicted octanol–water partition coefficient (Wildman–Crippen LogP) is 3.86. The summed E-state index contributed by atoms with van der Waals surface area (Å²) in [6, 6.07) is 13.2. The van der Waals surface area contributed by atoms with Gasteiger partial charge in [-0.25, -0.2) is 14.6 Å². The van der Waals surface area contributed by atoms with Crippen LogP contribution in [0.1, 0.15) is 36.9 Å². The molecule has 3 heterocycles. The molecular weight excluding hydrogens is 416 g/mol. The summed E-state index contributed by atoms with van der Waals surface area (Å²) in [6.07, 6.45) is 4.77. The molecule has 9 nitrogen and oxygen atoms in total. The zero-order valence-corrected chi connectivity index (χ0v) is 18.9. The van der Waals surface area contributed by atoms with Crippen molar-refractivity contribution >= 4 is 22.6 Å². The van der Waals surface area contributed by atoms with E-state index in [0.29, 0.717) is 17.2 Å². The first kappa shape index (κ1) is 21.9. The number of aromatic nitrogens is 5. The Morgan fingerprint density at radius 3 is 2.76 bits per heavy atom. The molecule has 33 heavy (non-hydrogen) atoms. The summed E-state index contributed by atoms with van der Waals surface area (Å²) in [4.78, 5) is 13.5. The minimum atomic E-state index is -0.754. The van der Waals surface area contributed by atoms with Crippen molar-refractivity contribution in [3.63, 3.8) is 0 Å². The largest absolute Gasteiger partial charge is 0.389 e. The highest BCUT2D eigenvalue weighted by Crippen LogP contribution is 2.26. The number of pyridine rings is 1. The van der Waals surface area contributed by atoms with Crippen molar-refractivity contribution in [1.29, 1.82) is 5.26 Å². The molecule has 2 N–H and O–H groups in total. The van der Waals surface area contributed by atoms with E-state index in [1.807, 2.05) is 67.0 Å². The number of anilines is 1. The first-order chi connectivity index (χ1) is 15.9. The number of nitrogens with one attached hydrogen (secondary N) is 1. The molecule has 4 aromatic rings. The van der Waals surface area contributed by atoms with Crippen LogP contribution in [0.25, 0.3) is 22.7 Å². The Labute approximate surface area is 191 Å². The number of aliphatic hydroxyl groups is 1. The standard InChI is InChI=1S/C24H24N8O/c1-5-6-22(26-4)28-17-7-9-21-20(12-17)27-14-31(21)23-10-8-19(16(3)33)24(29-23)32-15(2)11-18(13-25)30-32/h5-12,14,16,33H,1-4H3,(H,26,28)/b6-5-. The van der Waals surface area contributed by atoms with Gasteiger partial charge in [-0.2, -0.15) is 10.4 Å². The molecule has 0 bridgehead atoms. The van der Waals surface area contributed by atoms with E-state index >= 15 is 0 Å². The van der Waals surface area contributed by atoms with Crippen LogP contribution in [-0.4, -0.2) is 42.3 Å². The van der Waals surface area contributed by atoms with E-state index < -0.39 is 6.10 Å². The molecule has 0 aliphatic rings. The number of aliphatic hydroxyl groups excluding tert-OH is 1. The molecule has 1 aromatic carbocycles. The van der Waals surface area contributed by atoms with Crippen LogP contribution >= 0.6 is 0 Å². The highest BCUT2D eigenvalue weighted by atomic mass is 16.3. The van der Waals surface area contributed by atoms with Gasteiger partial charge in [0.1, 0.15) is 24.1 Å². The molecular formula is C24H24N8O. The number of hydrogen-bond donors (Lipinski definition) is 2. The van der Waals surface area contributed by atoms with Crippen LogP contribution in [0.5, 0.6) is 0 Å². The second kappa shape index (κ2) is 9.06. The molecule has 0 radical (unpaired) electrons. The average molecular weight is 441 g/mol. The van der Waals surface area contributed by atoms with E-state index in [0.717, 1.165) is 28.3 Å². The zero-order valence-electron chi connectivity index (χ0n) is 18.9. The summed E-state index contributed by atoms with van der Waals surface area (Å²) in [5.74, 6) is 1.84. The number of benzene rings is 1. The number of aliphatic imine (C=N–C) groups is 1. The normalized spacial score (nSPS) is 12.9. The molecule has 0 spiro atoms. The van der Waals surface area contributed by atoms with Gasteiger partial charge >= 0.3 is 0 Å². The van der Waals surface area contributed by atoms with Gasteiger partial charge in [0, 0.05) is 24.0 Å². The number of allylic oxidation sites excluding steroid dienone is 1. The summed E-state index contributed by atoms with van der Waals surface area (Å²) < 4.78 is 3.46. The molecule has 0 saturated carbocycles. The summed E-state index contributed by atoms with van der Waals surface area (Å²) >= 11 is 0. The number of aryl methyl sites for hydroxylation is 1. The second-order valence-corrected chi connectivity index (χ2v) is 7.50. The Kier molecular flexibility index (Phi) is 6.02. The second-order valence-electron chi connectivity index (χ2n) is 7.50. The Bertz CT molecular complexity index is 1420. The van der Waals surface area contributed by atoms with Gasteiger partial charge in [-0.1, -0.05) is 6.08 Å². The van der Waals surface area contributed by atoms with Gasteiger partial charge in [0.05, 0.1) is 17.1 Å². The van der Waals surface area contributed by atoms with Crippen LogP contribution in [-0.2, 0) is 0 Å². The number of imidazole rings is 1. The van der Waals surface area contributed by atoms with Crippen molar-refractivity contribution in [2.75, 3.05) is 12.4 Å². The molecule has 0 fully saturated rings. The van der Waals surface area contributed by atoms with Gasteiger partial charge in [-0.15, -0.1) is 0 Å². The molecule has 1 atom stereocenters. The maximum absolute atomic E-state index is 10.3. The Hall–Kier alpha value is -4.29. The first-order valence-electron chi connectivity index (χ1n) is 10.4. The number of nitriles is 1. The summed E-state index contributed by atoms with van der Waals surface area (Å²) in [5.41, 5.74) is 4.19. The molecule has 0 aliphatic heterocycles. The number of rotatable bonds is 5. The lowest BCUT2D eigenvalue weighted by Gasteiger charge is -2.14. The lowest BCUT2D eigenvalue weighted by atomic mass is 10.1. The van der Waals surface area contributed by atoms with Crippen molar-refractivity contribution < 1.29 is 5.11 Å². The number of nitrogens with zero attached hydrogens (tertiary/aromatic N) is 7. The molecule has 1 unspecified atom stereocenters. The van der Waals surface area contributed by atoms with Crippen molar-refractivity contribution in [1.82, 2.24) is 24.3 Å². The summed E-state index contributed by atoms with van der Waals surface area (Å²) in [5, 5.41) is 27.1. The highest BCUT2D eigenvalue weighted by Gasteiger charge is 2.17. The molecule has 9 heteroatoms. The fourth-order valence-electron chi connectivity index (χ4n) is 3.57. The SMILES string of the molecule is C/C=C\C(=NC)Nc1ccc2c(c1)ncn2-c1ccc(C(C)O)c(-n2nc(C#N)cc2C)n1. The topological polar surface area (TPSA) is 117 Å². The minimum absolute atomic E-state index is 0.289. The third-order valence-corrected chi connectivity index (χ3v) is 5.18. The third kappa shape index (κ3) is 4.24. The van der Waals surface area contributed by atoms with Crippen molar-refractivity contribution in [2.24, 2.45) is 4.99 Å². The van der Waals surface area contributed by atoms with Gasteiger partial charge in [0.25, 0.3) is 0 Å². The van der Waals surface area contributed by atoms with Crippen LogP contribution in [0, 0.1) is 18.3 Å². The van der Waals surface area contributed by atoms with E-state index in [1.165, 1.54) is 0 Å². The van der Waals surface area contributed by atoms with Crippen LogP contribution in [0.4, 0.5) is 5.69 Å².